The van der Waals surface area contributed by atoms with E-state index in [0.717, 1.165) is 38.2 Å². The van der Waals surface area contributed by atoms with Crippen molar-refractivity contribution in [2.24, 2.45) is 0 Å². The zero-order valence-corrected chi connectivity index (χ0v) is 16.9. The Morgan fingerprint density at radius 1 is 1.00 bits per heavy atom. The molecule has 1 unspecified atom stereocenters. The number of aliphatic hydroxyl groups is 1. The first kappa shape index (κ1) is 19.8. The lowest BCUT2D eigenvalue weighted by atomic mass is 9.78. The van der Waals surface area contributed by atoms with E-state index in [-0.39, 0.29) is 24.9 Å². The second kappa shape index (κ2) is 7.60. The standard InChI is InChI=1S/C20H33BN2O3/c1-16(23-12-10-22(11-13-23)14-15-24)17-6-8-18(9-7-17)21-25-19(2,3)20(4,5)26-21/h6-9,16,24H,10-15H2,1-5H3. The average molecular weight is 360 g/mol. The van der Waals surface area contributed by atoms with E-state index in [1.165, 1.54) is 5.56 Å². The Kier molecular flexibility index (Phi) is 5.80. The van der Waals surface area contributed by atoms with E-state index in [2.05, 4.69) is 68.7 Å². The third kappa shape index (κ3) is 4.00. The summed E-state index contributed by atoms with van der Waals surface area (Å²) >= 11 is 0. The zero-order chi connectivity index (χ0) is 18.9. The third-order valence-corrected chi connectivity index (χ3v) is 6.32. The summed E-state index contributed by atoms with van der Waals surface area (Å²) in [5.74, 6) is 0. The van der Waals surface area contributed by atoms with Crippen molar-refractivity contribution in [1.82, 2.24) is 9.80 Å². The zero-order valence-electron chi connectivity index (χ0n) is 16.9. The number of hydrogen-bond donors (Lipinski definition) is 1. The van der Waals surface area contributed by atoms with Crippen LogP contribution in [-0.4, -0.2) is 72.6 Å². The summed E-state index contributed by atoms with van der Waals surface area (Å²) < 4.78 is 12.3. The van der Waals surface area contributed by atoms with Crippen LogP contribution < -0.4 is 5.46 Å². The highest BCUT2D eigenvalue weighted by Crippen LogP contribution is 2.36. The number of rotatable bonds is 5. The van der Waals surface area contributed by atoms with Gasteiger partial charge in [0.1, 0.15) is 0 Å². The second-order valence-electron chi connectivity index (χ2n) is 8.53. The second-order valence-corrected chi connectivity index (χ2v) is 8.53. The van der Waals surface area contributed by atoms with E-state index in [1.54, 1.807) is 0 Å². The predicted molar refractivity (Wildman–Crippen MR) is 106 cm³/mol. The first-order chi connectivity index (χ1) is 12.2. The molecule has 0 spiro atoms. The topological polar surface area (TPSA) is 45.2 Å². The number of piperazine rings is 1. The molecule has 2 fully saturated rings. The average Bonchev–Trinajstić information content (AvgIpc) is 2.83. The van der Waals surface area contributed by atoms with Crippen molar-refractivity contribution in [3.8, 4) is 0 Å². The van der Waals surface area contributed by atoms with Crippen LogP contribution >= 0.6 is 0 Å². The molecule has 1 atom stereocenters. The molecule has 3 rings (SSSR count). The van der Waals surface area contributed by atoms with Gasteiger partial charge >= 0.3 is 7.12 Å². The molecular weight excluding hydrogens is 327 g/mol. The monoisotopic (exact) mass is 360 g/mol. The maximum atomic E-state index is 9.08. The summed E-state index contributed by atoms with van der Waals surface area (Å²) in [5.41, 5.74) is 1.78. The maximum absolute atomic E-state index is 9.08. The van der Waals surface area contributed by atoms with E-state index in [1.807, 2.05) is 0 Å². The van der Waals surface area contributed by atoms with Crippen LogP contribution in [0.4, 0.5) is 0 Å². The molecule has 0 amide bonds. The minimum atomic E-state index is -0.308. The lowest BCUT2D eigenvalue weighted by molar-refractivity contribution is 0.00578. The highest BCUT2D eigenvalue weighted by Gasteiger charge is 2.51. The van der Waals surface area contributed by atoms with Gasteiger partial charge in [-0.1, -0.05) is 24.3 Å². The van der Waals surface area contributed by atoms with Crippen LogP contribution in [0.2, 0.25) is 0 Å². The van der Waals surface area contributed by atoms with Crippen LogP contribution in [0, 0.1) is 0 Å². The Morgan fingerprint density at radius 2 is 1.54 bits per heavy atom. The molecule has 2 aliphatic heterocycles. The fraction of sp³-hybridized carbons (Fsp3) is 0.700. The van der Waals surface area contributed by atoms with Crippen molar-refractivity contribution < 1.29 is 14.4 Å². The molecule has 0 aromatic heterocycles. The number of nitrogens with zero attached hydrogens (tertiary/aromatic N) is 2. The van der Waals surface area contributed by atoms with Gasteiger partial charge in [0, 0.05) is 38.8 Å². The summed E-state index contributed by atoms with van der Waals surface area (Å²) in [7, 11) is -0.300. The normalized spacial score (nSPS) is 24.8. The van der Waals surface area contributed by atoms with E-state index in [9.17, 15) is 0 Å². The van der Waals surface area contributed by atoms with Crippen LogP contribution in [0.3, 0.4) is 0 Å². The Bertz CT molecular complexity index is 582. The Balaban J connectivity index is 1.61. The van der Waals surface area contributed by atoms with Gasteiger partial charge in [0.2, 0.25) is 0 Å². The Labute approximate surface area is 158 Å². The molecule has 0 radical (unpaired) electrons. The van der Waals surface area contributed by atoms with Crippen LogP contribution in [0.25, 0.3) is 0 Å². The molecule has 2 saturated heterocycles. The molecule has 5 nitrogen and oxygen atoms in total. The molecular formula is C20H33BN2O3. The summed E-state index contributed by atoms with van der Waals surface area (Å²) in [6.45, 7) is 15.8. The molecule has 26 heavy (non-hydrogen) atoms. The number of β-amino-alcohol motifs (C(OH)–C–C–N with tert-alkyl or cyclic N) is 1. The van der Waals surface area contributed by atoms with Gasteiger partial charge < -0.3 is 14.4 Å². The Hall–Kier alpha value is -0.915. The van der Waals surface area contributed by atoms with Gasteiger partial charge in [-0.2, -0.15) is 0 Å². The number of benzene rings is 1. The molecule has 0 bridgehead atoms. The SMILES string of the molecule is CC(c1ccc(B2OC(C)(C)C(C)(C)O2)cc1)N1CCN(CCO)CC1. The fourth-order valence-electron chi connectivity index (χ4n) is 3.64. The fourth-order valence-corrected chi connectivity index (χ4v) is 3.64. The van der Waals surface area contributed by atoms with Crippen LogP contribution in [0.15, 0.2) is 24.3 Å². The minimum Gasteiger partial charge on any atom is -0.399 e. The van der Waals surface area contributed by atoms with Gasteiger partial charge in [-0.25, -0.2) is 0 Å². The number of hydrogen-bond acceptors (Lipinski definition) is 5. The summed E-state index contributed by atoms with van der Waals surface area (Å²) in [6, 6.07) is 9.06. The van der Waals surface area contributed by atoms with Crippen LogP contribution in [0.5, 0.6) is 0 Å². The Morgan fingerprint density at radius 3 is 2.04 bits per heavy atom. The number of aliphatic hydroxyl groups excluding tert-OH is 1. The highest BCUT2D eigenvalue weighted by molar-refractivity contribution is 6.62. The summed E-state index contributed by atoms with van der Waals surface area (Å²) in [6.07, 6.45) is 0. The molecule has 2 heterocycles. The molecule has 2 aliphatic rings. The van der Waals surface area contributed by atoms with E-state index in [0.29, 0.717) is 6.04 Å². The van der Waals surface area contributed by atoms with Gasteiger partial charge in [0.15, 0.2) is 0 Å². The van der Waals surface area contributed by atoms with Crippen molar-refractivity contribution >= 4 is 12.6 Å². The molecule has 6 heteroatoms. The maximum Gasteiger partial charge on any atom is 0.494 e. The van der Waals surface area contributed by atoms with E-state index >= 15 is 0 Å². The molecule has 144 valence electrons. The molecule has 1 aromatic carbocycles. The largest absolute Gasteiger partial charge is 0.494 e. The summed E-state index contributed by atoms with van der Waals surface area (Å²) in [5, 5.41) is 9.08. The van der Waals surface area contributed by atoms with Crippen molar-refractivity contribution in [1.29, 1.82) is 0 Å². The first-order valence-corrected chi connectivity index (χ1v) is 9.76. The first-order valence-electron chi connectivity index (χ1n) is 9.76. The van der Waals surface area contributed by atoms with E-state index < -0.39 is 0 Å². The molecule has 1 N–H and O–H groups in total. The minimum absolute atomic E-state index is 0.246. The quantitative estimate of drug-likeness (QED) is 0.810. The molecule has 1 aromatic rings. The van der Waals surface area contributed by atoms with Crippen molar-refractivity contribution in [2.45, 2.75) is 51.9 Å². The van der Waals surface area contributed by atoms with Gasteiger partial charge in [-0.15, -0.1) is 0 Å². The smallest absolute Gasteiger partial charge is 0.399 e. The van der Waals surface area contributed by atoms with E-state index in [4.69, 9.17) is 14.4 Å². The highest BCUT2D eigenvalue weighted by atomic mass is 16.7. The van der Waals surface area contributed by atoms with Crippen LogP contribution in [-0.2, 0) is 9.31 Å². The van der Waals surface area contributed by atoms with Crippen molar-refractivity contribution in [3.63, 3.8) is 0 Å². The molecule has 0 aliphatic carbocycles. The molecule has 0 saturated carbocycles. The van der Waals surface area contributed by atoms with Crippen LogP contribution in [0.1, 0.15) is 46.2 Å². The summed E-state index contributed by atoms with van der Waals surface area (Å²) in [4.78, 5) is 4.84. The van der Waals surface area contributed by atoms with Gasteiger partial charge in [-0.05, 0) is 45.6 Å². The van der Waals surface area contributed by atoms with Gasteiger partial charge in [-0.3, -0.25) is 9.80 Å². The van der Waals surface area contributed by atoms with Gasteiger partial charge in [0.25, 0.3) is 0 Å². The third-order valence-electron chi connectivity index (χ3n) is 6.32. The van der Waals surface area contributed by atoms with Gasteiger partial charge in [0.05, 0.1) is 17.8 Å². The lowest BCUT2D eigenvalue weighted by Crippen LogP contribution is -2.47. The van der Waals surface area contributed by atoms with Crippen molar-refractivity contribution in [3.05, 3.63) is 29.8 Å². The van der Waals surface area contributed by atoms with Crippen molar-refractivity contribution in [2.75, 3.05) is 39.3 Å². The lowest BCUT2D eigenvalue weighted by Gasteiger charge is -2.38. The predicted octanol–water partition coefficient (Wildman–Crippen LogP) is 1.66.